The topological polar surface area (TPSA) is 131 Å². The predicted molar refractivity (Wildman–Crippen MR) is 182 cm³/mol. The molecule has 4 rings (SSSR count). The fourth-order valence-corrected chi connectivity index (χ4v) is 4.86. The molecule has 10 heteroatoms. The molecule has 10 nitrogen and oxygen atoms in total. The van der Waals surface area contributed by atoms with Gasteiger partial charge in [-0.15, -0.1) is 0 Å². The Labute approximate surface area is 280 Å². The smallest absolute Gasteiger partial charge is 0.343 e. The van der Waals surface area contributed by atoms with Gasteiger partial charge in [-0.2, -0.15) is 0 Å². The zero-order chi connectivity index (χ0) is 34.3. The van der Waals surface area contributed by atoms with Crippen LogP contribution < -0.4 is 19.5 Å². The molecule has 0 bridgehead atoms. The molecule has 0 aromatic heterocycles. The maximum absolute atomic E-state index is 13.3. The van der Waals surface area contributed by atoms with E-state index in [9.17, 15) is 24.3 Å². The van der Waals surface area contributed by atoms with Crippen LogP contribution >= 0.6 is 0 Å². The second kappa shape index (κ2) is 17.9. The van der Waals surface area contributed by atoms with Gasteiger partial charge in [0.2, 0.25) is 5.91 Å². The number of unbranched alkanes of at least 4 members (excludes halogenated alkanes) is 3. The molecule has 0 aliphatic carbocycles. The van der Waals surface area contributed by atoms with Crippen LogP contribution in [0.3, 0.4) is 0 Å². The highest BCUT2D eigenvalue weighted by Gasteiger charge is 2.20. The summed E-state index contributed by atoms with van der Waals surface area (Å²) < 4.78 is 16.4. The first kappa shape index (κ1) is 35.2. The average molecular weight is 653 g/mol. The molecule has 48 heavy (non-hydrogen) atoms. The Hall–Kier alpha value is -5.64. The van der Waals surface area contributed by atoms with Gasteiger partial charge < -0.3 is 29.5 Å². The van der Waals surface area contributed by atoms with Crippen molar-refractivity contribution in [1.82, 2.24) is 4.90 Å². The zero-order valence-corrected chi connectivity index (χ0v) is 27.1. The Morgan fingerprint density at radius 3 is 2.10 bits per heavy atom. The van der Waals surface area contributed by atoms with Gasteiger partial charge >= 0.3 is 11.9 Å². The molecular formula is C38H40N2O8. The Morgan fingerprint density at radius 2 is 1.44 bits per heavy atom. The normalized spacial score (nSPS) is 10.5. The lowest BCUT2D eigenvalue weighted by atomic mass is 10.1. The number of carboxylic acid groups (broad SMARTS) is 1. The van der Waals surface area contributed by atoms with Gasteiger partial charge in [-0.1, -0.05) is 56.5 Å². The predicted octanol–water partition coefficient (Wildman–Crippen LogP) is 6.78. The maximum atomic E-state index is 13.3. The summed E-state index contributed by atoms with van der Waals surface area (Å²) in [5, 5.41) is 12.3. The van der Waals surface area contributed by atoms with Crippen molar-refractivity contribution in [2.45, 2.75) is 45.6 Å². The minimum atomic E-state index is -1.16. The van der Waals surface area contributed by atoms with Crippen molar-refractivity contribution in [1.29, 1.82) is 0 Å². The molecule has 2 amide bonds. The SMILES string of the molecule is CCCCCCOc1cccc(C(=O)Oc2ccc(CN(CC(=O)O)C(=O)c3ccc(NC(=O)Cc4ccc(OC)cc4)cc3)cc2)c1. The summed E-state index contributed by atoms with van der Waals surface area (Å²) in [6.07, 6.45) is 4.51. The van der Waals surface area contributed by atoms with Crippen LogP contribution in [0.1, 0.15) is 64.4 Å². The third-order valence-corrected chi connectivity index (χ3v) is 7.40. The van der Waals surface area contributed by atoms with E-state index in [1.54, 1.807) is 79.9 Å². The Kier molecular flexibility index (Phi) is 13.1. The molecular weight excluding hydrogens is 612 g/mol. The number of hydrogen-bond acceptors (Lipinski definition) is 7. The maximum Gasteiger partial charge on any atom is 0.343 e. The van der Waals surface area contributed by atoms with Gasteiger partial charge in [-0.05, 0) is 84.3 Å². The van der Waals surface area contributed by atoms with E-state index >= 15 is 0 Å². The van der Waals surface area contributed by atoms with Crippen molar-refractivity contribution < 1.29 is 38.5 Å². The van der Waals surface area contributed by atoms with Crippen molar-refractivity contribution >= 4 is 29.4 Å². The van der Waals surface area contributed by atoms with Gasteiger partial charge in [0.25, 0.3) is 5.91 Å². The first-order valence-corrected chi connectivity index (χ1v) is 15.8. The lowest BCUT2D eigenvalue weighted by molar-refractivity contribution is -0.137. The summed E-state index contributed by atoms with van der Waals surface area (Å²) in [7, 11) is 1.57. The number of carbonyl (C=O) groups excluding carboxylic acids is 3. The number of nitrogens with zero attached hydrogens (tertiary/aromatic N) is 1. The second-order valence-electron chi connectivity index (χ2n) is 11.2. The number of amides is 2. The Bertz CT molecular complexity index is 1670. The largest absolute Gasteiger partial charge is 0.497 e. The van der Waals surface area contributed by atoms with Crippen LogP contribution in [0.2, 0.25) is 0 Å². The highest BCUT2D eigenvalue weighted by atomic mass is 16.5. The molecule has 0 atom stereocenters. The summed E-state index contributed by atoms with van der Waals surface area (Å²) in [5.74, 6) is -0.816. The molecule has 0 fully saturated rings. The molecule has 250 valence electrons. The van der Waals surface area contributed by atoms with Crippen molar-refractivity contribution in [2.24, 2.45) is 0 Å². The highest BCUT2D eigenvalue weighted by molar-refractivity contribution is 5.97. The number of carbonyl (C=O) groups is 4. The van der Waals surface area contributed by atoms with Crippen LogP contribution in [0.25, 0.3) is 0 Å². The number of anilines is 1. The number of benzene rings is 4. The van der Waals surface area contributed by atoms with E-state index in [2.05, 4.69) is 12.2 Å². The first-order chi connectivity index (χ1) is 23.2. The van der Waals surface area contributed by atoms with E-state index in [-0.39, 0.29) is 24.4 Å². The van der Waals surface area contributed by atoms with E-state index in [1.165, 1.54) is 17.0 Å². The van der Waals surface area contributed by atoms with Crippen LogP contribution in [0.15, 0.2) is 97.1 Å². The third kappa shape index (κ3) is 11.0. The Morgan fingerprint density at radius 1 is 0.750 bits per heavy atom. The van der Waals surface area contributed by atoms with Crippen molar-refractivity contribution in [3.63, 3.8) is 0 Å². The number of aliphatic carboxylic acids is 1. The average Bonchev–Trinajstić information content (AvgIpc) is 3.09. The van der Waals surface area contributed by atoms with E-state index in [4.69, 9.17) is 14.2 Å². The standard InChI is InChI=1S/C38H40N2O8/c1-3-4-5-6-22-47-34-9-7-8-30(24-34)38(45)48-33-20-12-28(13-21-33)25-40(26-36(42)43)37(44)29-14-16-31(17-15-29)39-35(41)23-27-10-18-32(46-2)19-11-27/h7-21,24H,3-6,22-23,25-26H2,1-2H3,(H,39,41)(H,42,43). The molecule has 0 radical (unpaired) electrons. The second-order valence-corrected chi connectivity index (χ2v) is 11.2. The van der Waals surface area contributed by atoms with Crippen molar-refractivity contribution in [2.75, 3.05) is 25.6 Å². The summed E-state index contributed by atoms with van der Waals surface area (Å²) in [4.78, 5) is 51.4. The van der Waals surface area contributed by atoms with Gasteiger partial charge in [-0.25, -0.2) is 4.79 Å². The molecule has 4 aromatic carbocycles. The fraction of sp³-hybridized carbons (Fsp3) is 0.263. The van der Waals surface area contributed by atoms with E-state index < -0.39 is 24.4 Å². The van der Waals surface area contributed by atoms with Gasteiger partial charge in [0.15, 0.2) is 0 Å². The summed E-state index contributed by atoms with van der Waals surface area (Å²) in [5.41, 5.74) is 2.58. The van der Waals surface area contributed by atoms with Crippen LogP contribution in [-0.2, 0) is 22.6 Å². The summed E-state index contributed by atoms with van der Waals surface area (Å²) in [6, 6.07) is 26.8. The zero-order valence-electron chi connectivity index (χ0n) is 27.1. The minimum absolute atomic E-state index is 0.0113. The van der Waals surface area contributed by atoms with E-state index in [1.807, 2.05) is 12.1 Å². The van der Waals surface area contributed by atoms with Gasteiger partial charge in [-0.3, -0.25) is 14.4 Å². The number of esters is 1. The van der Waals surface area contributed by atoms with Gasteiger partial charge in [0.05, 0.1) is 25.7 Å². The number of rotatable bonds is 17. The van der Waals surface area contributed by atoms with Crippen LogP contribution in [0.5, 0.6) is 17.2 Å². The first-order valence-electron chi connectivity index (χ1n) is 15.8. The quantitative estimate of drug-likeness (QED) is 0.0725. The van der Waals surface area contributed by atoms with E-state index in [0.29, 0.717) is 40.7 Å². The third-order valence-electron chi connectivity index (χ3n) is 7.40. The van der Waals surface area contributed by atoms with Crippen molar-refractivity contribution in [3.8, 4) is 17.2 Å². The van der Waals surface area contributed by atoms with Gasteiger partial charge in [0, 0.05) is 17.8 Å². The van der Waals surface area contributed by atoms with Crippen LogP contribution in [0, 0.1) is 0 Å². The lowest BCUT2D eigenvalue weighted by Gasteiger charge is -2.21. The molecule has 0 aliphatic rings. The number of methoxy groups -OCH3 is 1. The summed E-state index contributed by atoms with van der Waals surface area (Å²) in [6.45, 7) is 2.22. The molecule has 0 saturated carbocycles. The molecule has 0 heterocycles. The molecule has 0 unspecified atom stereocenters. The molecule has 4 aromatic rings. The van der Waals surface area contributed by atoms with Crippen molar-refractivity contribution in [3.05, 3.63) is 119 Å². The Balaban J connectivity index is 1.32. The monoisotopic (exact) mass is 652 g/mol. The minimum Gasteiger partial charge on any atom is -0.497 e. The molecule has 2 N–H and O–H groups in total. The fourth-order valence-electron chi connectivity index (χ4n) is 4.86. The number of hydrogen-bond donors (Lipinski definition) is 2. The van der Waals surface area contributed by atoms with E-state index in [0.717, 1.165) is 31.2 Å². The number of nitrogens with one attached hydrogen (secondary N) is 1. The number of ether oxygens (including phenoxy) is 3. The lowest BCUT2D eigenvalue weighted by Crippen LogP contribution is -2.35. The van der Waals surface area contributed by atoms with Crippen LogP contribution in [0.4, 0.5) is 5.69 Å². The summed E-state index contributed by atoms with van der Waals surface area (Å²) >= 11 is 0. The van der Waals surface area contributed by atoms with Gasteiger partial charge in [0.1, 0.15) is 23.8 Å². The molecule has 0 aliphatic heterocycles. The number of carboxylic acids is 1. The molecule has 0 saturated heterocycles. The van der Waals surface area contributed by atoms with Crippen LogP contribution in [-0.4, -0.2) is 54.0 Å². The molecule has 0 spiro atoms. The highest BCUT2D eigenvalue weighted by Crippen LogP contribution is 2.20.